The summed E-state index contributed by atoms with van der Waals surface area (Å²) in [5, 5.41) is 10.0. The second kappa shape index (κ2) is 4.61. The SMILES string of the molecule is CC(C(=O)O)N(N)c1cccc(I)c1. The lowest BCUT2D eigenvalue weighted by molar-refractivity contribution is -0.138. The molecule has 1 aromatic rings. The van der Waals surface area contributed by atoms with Crippen molar-refractivity contribution in [1.29, 1.82) is 0 Å². The summed E-state index contributed by atoms with van der Waals surface area (Å²) < 4.78 is 1.02. The van der Waals surface area contributed by atoms with E-state index in [2.05, 4.69) is 22.6 Å². The summed E-state index contributed by atoms with van der Waals surface area (Å²) >= 11 is 2.15. The highest BCUT2D eigenvalue weighted by molar-refractivity contribution is 14.1. The van der Waals surface area contributed by atoms with E-state index in [0.29, 0.717) is 5.69 Å². The molecule has 0 heterocycles. The molecule has 3 N–H and O–H groups in total. The number of carboxylic acids is 1. The van der Waals surface area contributed by atoms with E-state index in [1.807, 2.05) is 18.2 Å². The van der Waals surface area contributed by atoms with E-state index in [0.717, 1.165) is 3.57 Å². The van der Waals surface area contributed by atoms with E-state index in [4.69, 9.17) is 10.9 Å². The zero-order valence-electron chi connectivity index (χ0n) is 7.64. The molecule has 0 spiro atoms. The molecular weight excluding hydrogens is 295 g/mol. The fourth-order valence-electron chi connectivity index (χ4n) is 0.979. The minimum Gasteiger partial charge on any atom is -0.480 e. The Morgan fingerprint density at radius 3 is 2.79 bits per heavy atom. The van der Waals surface area contributed by atoms with Crippen LogP contribution in [0.1, 0.15) is 6.92 Å². The van der Waals surface area contributed by atoms with Crippen molar-refractivity contribution in [3.05, 3.63) is 27.8 Å². The lowest BCUT2D eigenvalue weighted by Crippen LogP contribution is -2.44. The molecule has 76 valence electrons. The lowest BCUT2D eigenvalue weighted by Gasteiger charge is -2.22. The van der Waals surface area contributed by atoms with Crippen molar-refractivity contribution in [2.24, 2.45) is 5.84 Å². The normalized spacial score (nSPS) is 12.2. The fourth-order valence-corrected chi connectivity index (χ4v) is 1.51. The first-order chi connectivity index (χ1) is 6.52. The van der Waals surface area contributed by atoms with E-state index < -0.39 is 12.0 Å². The van der Waals surface area contributed by atoms with E-state index >= 15 is 0 Å². The zero-order chi connectivity index (χ0) is 10.7. The van der Waals surface area contributed by atoms with Crippen molar-refractivity contribution in [1.82, 2.24) is 0 Å². The van der Waals surface area contributed by atoms with Gasteiger partial charge >= 0.3 is 5.97 Å². The first kappa shape index (κ1) is 11.3. The molecule has 4 nitrogen and oxygen atoms in total. The maximum Gasteiger partial charge on any atom is 0.327 e. The van der Waals surface area contributed by atoms with E-state index in [1.54, 1.807) is 13.0 Å². The van der Waals surface area contributed by atoms with Gasteiger partial charge in [0.25, 0.3) is 0 Å². The van der Waals surface area contributed by atoms with Crippen molar-refractivity contribution in [2.75, 3.05) is 5.01 Å². The van der Waals surface area contributed by atoms with Crippen LogP contribution in [-0.2, 0) is 4.79 Å². The number of aliphatic carboxylic acids is 1. The number of hydrogen-bond donors (Lipinski definition) is 2. The number of nitrogens with two attached hydrogens (primary N) is 1. The van der Waals surface area contributed by atoms with Gasteiger partial charge in [0.1, 0.15) is 6.04 Å². The predicted molar refractivity (Wildman–Crippen MR) is 62.9 cm³/mol. The molecule has 0 aromatic heterocycles. The van der Waals surface area contributed by atoms with Crippen LogP contribution < -0.4 is 10.9 Å². The van der Waals surface area contributed by atoms with Crippen LogP contribution in [0.5, 0.6) is 0 Å². The maximum absolute atomic E-state index is 10.7. The van der Waals surface area contributed by atoms with E-state index in [9.17, 15) is 4.79 Å². The highest BCUT2D eigenvalue weighted by atomic mass is 127. The highest BCUT2D eigenvalue weighted by Crippen LogP contribution is 2.16. The molecule has 1 atom stereocenters. The Labute approximate surface area is 95.8 Å². The van der Waals surface area contributed by atoms with Crippen molar-refractivity contribution >= 4 is 34.2 Å². The Balaban J connectivity index is 2.89. The lowest BCUT2D eigenvalue weighted by atomic mass is 10.2. The second-order valence-corrected chi connectivity index (χ2v) is 4.15. The van der Waals surface area contributed by atoms with Gasteiger partial charge in [0.2, 0.25) is 0 Å². The second-order valence-electron chi connectivity index (χ2n) is 2.90. The molecule has 14 heavy (non-hydrogen) atoms. The molecule has 0 radical (unpaired) electrons. The number of halogens is 1. The van der Waals surface area contributed by atoms with Crippen LogP contribution in [0, 0.1) is 3.57 Å². The molecule has 0 amide bonds. The summed E-state index contributed by atoms with van der Waals surface area (Å²) in [4.78, 5) is 10.7. The van der Waals surface area contributed by atoms with Crippen molar-refractivity contribution in [2.45, 2.75) is 13.0 Å². The number of benzene rings is 1. The van der Waals surface area contributed by atoms with Gasteiger partial charge in [-0.25, -0.2) is 10.6 Å². The molecular formula is C9H11IN2O2. The Morgan fingerprint density at radius 1 is 1.64 bits per heavy atom. The Morgan fingerprint density at radius 2 is 2.29 bits per heavy atom. The third-order valence-corrected chi connectivity index (χ3v) is 2.55. The summed E-state index contributed by atoms with van der Waals surface area (Å²) in [6.07, 6.45) is 0. The molecule has 0 bridgehead atoms. The van der Waals surface area contributed by atoms with Crippen LogP contribution in [0.4, 0.5) is 5.69 Å². The van der Waals surface area contributed by atoms with Gasteiger partial charge in [-0.3, -0.25) is 5.01 Å². The summed E-state index contributed by atoms with van der Waals surface area (Å²) in [7, 11) is 0. The summed E-state index contributed by atoms with van der Waals surface area (Å²) in [6.45, 7) is 1.54. The first-order valence-corrected chi connectivity index (χ1v) is 5.12. The molecule has 0 aliphatic rings. The number of carbonyl (C=O) groups is 1. The van der Waals surface area contributed by atoms with Crippen molar-refractivity contribution in [3.8, 4) is 0 Å². The maximum atomic E-state index is 10.7. The summed E-state index contributed by atoms with van der Waals surface area (Å²) in [5.41, 5.74) is 0.701. The smallest absolute Gasteiger partial charge is 0.327 e. The molecule has 0 fully saturated rings. The first-order valence-electron chi connectivity index (χ1n) is 4.04. The third-order valence-electron chi connectivity index (χ3n) is 1.88. The van der Waals surface area contributed by atoms with Gasteiger partial charge in [0.15, 0.2) is 0 Å². The van der Waals surface area contributed by atoms with Crippen LogP contribution in [0.2, 0.25) is 0 Å². The van der Waals surface area contributed by atoms with Gasteiger partial charge < -0.3 is 5.11 Å². The third kappa shape index (κ3) is 2.58. The Kier molecular flexibility index (Phi) is 3.70. The molecule has 0 aliphatic carbocycles. The largest absolute Gasteiger partial charge is 0.480 e. The van der Waals surface area contributed by atoms with E-state index in [-0.39, 0.29) is 0 Å². The molecule has 0 saturated carbocycles. The number of hydrazine groups is 1. The van der Waals surface area contributed by atoms with Gasteiger partial charge in [0.05, 0.1) is 5.69 Å². The van der Waals surface area contributed by atoms with Gasteiger partial charge in [0, 0.05) is 3.57 Å². The number of rotatable bonds is 3. The molecule has 1 rings (SSSR count). The van der Waals surface area contributed by atoms with Gasteiger partial charge in [-0.05, 0) is 47.7 Å². The molecule has 0 aliphatic heterocycles. The van der Waals surface area contributed by atoms with Crippen molar-refractivity contribution < 1.29 is 9.90 Å². The predicted octanol–water partition coefficient (Wildman–Crippen LogP) is 1.44. The standard InChI is InChI=1S/C9H11IN2O2/c1-6(9(13)14)12(11)8-4-2-3-7(10)5-8/h2-6H,11H2,1H3,(H,13,14). The quantitative estimate of drug-likeness (QED) is 0.504. The van der Waals surface area contributed by atoms with Crippen molar-refractivity contribution in [3.63, 3.8) is 0 Å². The Hall–Kier alpha value is -0.820. The van der Waals surface area contributed by atoms with Crippen LogP contribution in [-0.4, -0.2) is 17.1 Å². The van der Waals surface area contributed by atoms with E-state index in [1.165, 1.54) is 5.01 Å². The number of anilines is 1. The van der Waals surface area contributed by atoms with Crippen LogP contribution >= 0.6 is 22.6 Å². The monoisotopic (exact) mass is 306 g/mol. The fraction of sp³-hybridized carbons (Fsp3) is 0.222. The Bertz CT molecular complexity index is 343. The highest BCUT2D eigenvalue weighted by Gasteiger charge is 2.17. The topological polar surface area (TPSA) is 66.6 Å². The number of hydrogen-bond acceptors (Lipinski definition) is 3. The molecule has 1 unspecified atom stereocenters. The minimum atomic E-state index is -0.939. The van der Waals surface area contributed by atoms with Gasteiger partial charge in [-0.15, -0.1) is 0 Å². The van der Waals surface area contributed by atoms with Crippen LogP contribution in [0.15, 0.2) is 24.3 Å². The molecule has 1 aromatic carbocycles. The summed E-state index contributed by atoms with van der Waals surface area (Å²) in [5.74, 6) is 4.72. The number of nitrogens with zero attached hydrogens (tertiary/aromatic N) is 1. The van der Waals surface area contributed by atoms with Crippen LogP contribution in [0.3, 0.4) is 0 Å². The zero-order valence-corrected chi connectivity index (χ0v) is 9.80. The number of carboxylic acid groups (broad SMARTS) is 1. The molecule has 5 heteroatoms. The van der Waals surface area contributed by atoms with Crippen LogP contribution in [0.25, 0.3) is 0 Å². The molecule has 0 saturated heterocycles. The van der Waals surface area contributed by atoms with Gasteiger partial charge in [-0.2, -0.15) is 0 Å². The average Bonchev–Trinajstić information content (AvgIpc) is 2.15. The average molecular weight is 306 g/mol. The van der Waals surface area contributed by atoms with Gasteiger partial charge in [-0.1, -0.05) is 6.07 Å². The summed E-state index contributed by atoms with van der Waals surface area (Å²) in [6, 6.07) is 6.64. The minimum absolute atomic E-state index is 0.701.